The fourth-order valence-corrected chi connectivity index (χ4v) is 4.42. The molecule has 1 fully saturated rings. The second-order valence-electron chi connectivity index (χ2n) is 7.24. The molecule has 0 amide bonds. The smallest absolute Gasteiger partial charge is 0.247 e. The van der Waals surface area contributed by atoms with Crippen LogP contribution < -0.4 is 4.74 Å². The fourth-order valence-electron chi connectivity index (χ4n) is 3.38. The van der Waals surface area contributed by atoms with Gasteiger partial charge in [0.25, 0.3) is 0 Å². The Morgan fingerprint density at radius 2 is 2.03 bits per heavy atom. The van der Waals surface area contributed by atoms with Crippen molar-refractivity contribution < 1.29 is 13.9 Å². The summed E-state index contributed by atoms with van der Waals surface area (Å²) in [6.07, 6.45) is 2.50. The zero-order chi connectivity index (χ0) is 20.4. The second kappa shape index (κ2) is 8.59. The third-order valence-electron chi connectivity index (χ3n) is 5.24. The Bertz CT molecular complexity index is 961. The molecular formula is C21H26N4O3S. The lowest BCUT2D eigenvalue weighted by Crippen LogP contribution is -2.16. The number of methoxy groups -OCH3 is 1. The Labute approximate surface area is 174 Å². The molecule has 0 saturated carbocycles. The Morgan fingerprint density at radius 3 is 2.72 bits per heavy atom. The molecular weight excluding hydrogens is 388 g/mol. The largest absolute Gasteiger partial charge is 0.497 e. The van der Waals surface area contributed by atoms with Crippen LogP contribution in [-0.4, -0.2) is 39.6 Å². The minimum absolute atomic E-state index is 0.0149. The maximum Gasteiger partial charge on any atom is 0.247 e. The molecule has 0 bridgehead atoms. The molecule has 154 valence electrons. The number of rotatable bonds is 7. The van der Waals surface area contributed by atoms with Crippen molar-refractivity contribution in [1.82, 2.24) is 19.7 Å². The summed E-state index contributed by atoms with van der Waals surface area (Å²) in [7, 11) is 1.64. The number of aromatic nitrogens is 4. The molecule has 3 aromatic rings. The van der Waals surface area contributed by atoms with Crippen molar-refractivity contribution in [2.24, 2.45) is 0 Å². The van der Waals surface area contributed by atoms with Gasteiger partial charge in [-0.25, -0.2) is 4.98 Å². The van der Waals surface area contributed by atoms with Crippen LogP contribution in [0.2, 0.25) is 0 Å². The van der Waals surface area contributed by atoms with Crippen LogP contribution in [0.1, 0.15) is 42.3 Å². The van der Waals surface area contributed by atoms with Crippen molar-refractivity contribution >= 4 is 11.8 Å². The van der Waals surface area contributed by atoms with Gasteiger partial charge < -0.3 is 18.5 Å². The van der Waals surface area contributed by atoms with E-state index in [1.807, 2.05) is 31.2 Å². The van der Waals surface area contributed by atoms with E-state index in [-0.39, 0.29) is 11.4 Å². The molecule has 29 heavy (non-hydrogen) atoms. The third-order valence-corrected chi connectivity index (χ3v) is 6.32. The number of nitrogens with zero attached hydrogens (tertiary/aromatic N) is 4. The molecule has 0 N–H and O–H groups in total. The maximum absolute atomic E-state index is 5.94. The number of imidazole rings is 1. The molecule has 3 heterocycles. The molecule has 2 atom stereocenters. The summed E-state index contributed by atoms with van der Waals surface area (Å²) in [6.45, 7) is 7.91. The van der Waals surface area contributed by atoms with E-state index < -0.39 is 0 Å². The Kier molecular flexibility index (Phi) is 5.91. The molecule has 0 spiro atoms. The van der Waals surface area contributed by atoms with E-state index in [4.69, 9.17) is 18.9 Å². The van der Waals surface area contributed by atoms with Crippen molar-refractivity contribution in [2.45, 2.75) is 56.7 Å². The van der Waals surface area contributed by atoms with Gasteiger partial charge in [-0.3, -0.25) is 0 Å². The van der Waals surface area contributed by atoms with Gasteiger partial charge in [0.1, 0.15) is 5.75 Å². The number of thioether (sulfide) groups is 1. The van der Waals surface area contributed by atoms with Crippen LogP contribution >= 0.6 is 11.8 Å². The quantitative estimate of drug-likeness (QED) is 0.523. The predicted molar refractivity (Wildman–Crippen MR) is 111 cm³/mol. The number of hydrogen-bond donors (Lipinski definition) is 0. The molecule has 1 aliphatic rings. The summed E-state index contributed by atoms with van der Waals surface area (Å²) < 4.78 is 19.2. The van der Waals surface area contributed by atoms with Gasteiger partial charge >= 0.3 is 0 Å². The maximum atomic E-state index is 5.94. The molecule has 0 radical (unpaired) electrons. The first-order valence-corrected chi connectivity index (χ1v) is 10.7. The first-order chi connectivity index (χ1) is 14.0. The van der Waals surface area contributed by atoms with Crippen molar-refractivity contribution in [1.29, 1.82) is 0 Å². The first kappa shape index (κ1) is 20.0. The molecule has 1 saturated heterocycles. The van der Waals surface area contributed by atoms with Gasteiger partial charge in [0.05, 0.1) is 30.7 Å². The summed E-state index contributed by atoms with van der Waals surface area (Å²) in [4.78, 5) is 4.77. The molecule has 8 heteroatoms. The van der Waals surface area contributed by atoms with Crippen LogP contribution in [0.25, 0.3) is 11.5 Å². The van der Waals surface area contributed by atoms with Crippen LogP contribution in [0.5, 0.6) is 5.75 Å². The van der Waals surface area contributed by atoms with Gasteiger partial charge in [0, 0.05) is 17.9 Å². The molecule has 7 nitrogen and oxygen atoms in total. The van der Waals surface area contributed by atoms with Crippen LogP contribution in [0.3, 0.4) is 0 Å². The highest BCUT2D eigenvalue weighted by atomic mass is 32.2. The van der Waals surface area contributed by atoms with E-state index in [0.717, 1.165) is 48.2 Å². The Morgan fingerprint density at radius 1 is 1.24 bits per heavy atom. The van der Waals surface area contributed by atoms with E-state index >= 15 is 0 Å². The first-order valence-electron chi connectivity index (χ1n) is 9.85. The number of benzene rings is 1. The summed E-state index contributed by atoms with van der Waals surface area (Å²) in [5.41, 5.74) is 3.09. The minimum Gasteiger partial charge on any atom is -0.497 e. The molecule has 1 aliphatic heterocycles. The van der Waals surface area contributed by atoms with Gasteiger partial charge in [0.15, 0.2) is 5.16 Å². The molecule has 0 aliphatic carbocycles. The van der Waals surface area contributed by atoms with E-state index in [2.05, 4.69) is 28.6 Å². The predicted octanol–water partition coefficient (Wildman–Crippen LogP) is 4.59. The standard InChI is InChI=1S/C21H26N4O3S/c1-13-14(2)25(12-18-6-5-11-27-18)21(22-13)29-15(3)19-23-24-20(28-19)16-7-9-17(26-4)10-8-16/h7-10,15,18H,5-6,11-12H2,1-4H3/t15-,18+/m0/s1. The van der Waals surface area contributed by atoms with Crippen LogP contribution in [-0.2, 0) is 11.3 Å². The third kappa shape index (κ3) is 4.33. The summed E-state index contributed by atoms with van der Waals surface area (Å²) in [5, 5.41) is 9.43. The molecule has 0 unspecified atom stereocenters. The zero-order valence-corrected chi connectivity index (χ0v) is 18.0. The number of ether oxygens (including phenoxy) is 2. The highest BCUT2D eigenvalue weighted by Gasteiger charge is 2.23. The van der Waals surface area contributed by atoms with E-state index in [1.165, 1.54) is 5.69 Å². The number of aryl methyl sites for hydroxylation is 1. The normalized spacial score (nSPS) is 17.6. The zero-order valence-electron chi connectivity index (χ0n) is 17.2. The van der Waals surface area contributed by atoms with E-state index in [1.54, 1.807) is 18.9 Å². The highest BCUT2D eigenvalue weighted by molar-refractivity contribution is 7.99. The van der Waals surface area contributed by atoms with Crippen molar-refractivity contribution in [3.63, 3.8) is 0 Å². The van der Waals surface area contributed by atoms with Crippen molar-refractivity contribution in [3.05, 3.63) is 41.5 Å². The van der Waals surface area contributed by atoms with E-state index in [0.29, 0.717) is 11.8 Å². The molecule has 2 aromatic heterocycles. The SMILES string of the molecule is COc1ccc(-c2nnc([C@H](C)Sc3nc(C)c(C)n3C[C@H]3CCCO3)o2)cc1. The van der Waals surface area contributed by atoms with Gasteiger partial charge in [-0.2, -0.15) is 0 Å². The van der Waals surface area contributed by atoms with Crippen LogP contribution in [0.4, 0.5) is 0 Å². The highest BCUT2D eigenvalue weighted by Crippen LogP contribution is 2.36. The van der Waals surface area contributed by atoms with Gasteiger partial charge in [-0.15, -0.1) is 10.2 Å². The fraction of sp³-hybridized carbons (Fsp3) is 0.476. The topological polar surface area (TPSA) is 75.2 Å². The average Bonchev–Trinajstić information content (AvgIpc) is 3.47. The van der Waals surface area contributed by atoms with Crippen LogP contribution in [0.15, 0.2) is 33.8 Å². The monoisotopic (exact) mass is 414 g/mol. The lowest BCUT2D eigenvalue weighted by atomic mass is 10.2. The molecule has 1 aromatic carbocycles. The van der Waals surface area contributed by atoms with Gasteiger partial charge in [-0.1, -0.05) is 11.8 Å². The number of hydrogen-bond acceptors (Lipinski definition) is 7. The Hall–Kier alpha value is -2.32. The average molecular weight is 415 g/mol. The van der Waals surface area contributed by atoms with E-state index in [9.17, 15) is 0 Å². The minimum atomic E-state index is -0.0149. The van der Waals surface area contributed by atoms with Crippen molar-refractivity contribution in [2.75, 3.05) is 13.7 Å². The lowest BCUT2D eigenvalue weighted by Gasteiger charge is -2.15. The van der Waals surface area contributed by atoms with Crippen LogP contribution in [0, 0.1) is 13.8 Å². The van der Waals surface area contributed by atoms with Gasteiger partial charge in [0.2, 0.25) is 11.8 Å². The Balaban J connectivity index is 1.50. The summed E-state index contributed by atoms with van der Waals surface area (Å²) >= 11 is 1.64. The summed E-state index contributed by atoms with van der Waals surface area (Å²) in [6, 6.07) is 7.58. The molecule has 4 rings (SSSR count). The second-order valence-corrected chi connectivity index (χ2v) is 8.55. The summed E-state index contributed by atoms with van der Waals surface area (Å²) in [5.74, 6) is 1.88. The van der Waals surface area contributed by atoms with Crippen molar-refractivity contribution in [3.8, 4) is 17.2 Å². The lowest BCUT2D eigenvalue weighted by molar-refractivity contribution is 0.0944. The van der Waals surface area contributed by atoms with Gasteiger partial charge in [-0.05, 0) is 57.9 Å².